The van der Waals surface area contributed by atoms with Gasteiger partial charge < -0.3 is 4.42 Å². The molecule has 0 bridgehead atoms. The molecule has 0 aliphatic heterocycles. The van der Waals surface area contributed by atoms with Gasteiger partial charge in [-0.2, -0.15) is 0 Å². The molecule has 1 heterocycles. The van der Waals surface area contributed by atoms with Gasteiger partial charge >= 0.3 is 5.63 Å². The molecular formula is C7H5BrO3. The minimum Gasteiger partial charge on any atom is -0.431 e. The Morgan fingerprint density at radius 2 is 2.36 bits per heavy atom. The Kier molecular flexibility index (Phi) is 2.59. The maximum Gasteiger partial charge on any atom is 0.336 e. The highest BCUT2D eigenvalue weighted by molar-refractivity contribution is 9.09. The topological polar surface area (TPSA) is 47.3 Å². The van der Waals surface area contributed by atoms with E-state index in [9.17, 15) is 9.59 Å². The Labute approximate surface area is 71.2 Å². The molecule has 11 heavy (non-hydrogen) atoms. The molecule has 0 spiro atoms. The van der Waals surface area contributed by atoms with Crippen LogP contribution in [0.4, 0.5) is 0 Å². The van der Waals surface area contributed by atoms with E-state index in [1.165, 1.54) is 18.4 Å². The summed E-state index contributed by atoms with van der Waals surface area (Å²) in [6.07, 6.45) is 1.21. The first-order valence-electron chi connectivity index (χ1n) is 2.92. The minimum absolute atomic E-state index is 0.127. The number of hydrogen-bond acceptors (Lipinski definition) is 3. The Balaban J connectivity index is 3.05. The van der Waals surface area contributed by atoms with Crippen LogP contribution in [-0.4, -0.2) is 11.1 Å². The smallest absolute Gasteiger partial charge is 0.336 e. The standard InChI is InChI=1S/C7H5BrO3/c8-4-6(9)5-1-2-11-7(10)3-5/h1-3H,4H2. The molecule has 0 N–H and O–H groups in total. The van der Waals surface area contributed by atoms with E-state index in [2.05, 4.69) is 20.3 Å². The summed E-state index contributed by atoms with van der Waals surface area (Å²) in [5.74, 6) is -0.127. The molecular weight excluding hydrogens is 212 g/mol. The average Bonchev–Trinajstić information content (AvgIpc) is 2.03. The van der Waals surface area contributed by atoms with Gasteiger partial charge in [0, 0.05) is 11.6 Å². The van der Waals surface area contributed by atoms with Gasteiger partial charge in [0.2, 0.25) is 0 Å². The molecule has 0 unspecified atom stereocenters. The highest BCUT2D eigenvalue weighted by atomic mass is 79.9. The van der Waals surface area contributed by atoms with Crippen LogP contribution in [-0.2, 0) is 0 Å². The van der Waals surface area contributed by atoms with Gasteiger partial charge in [-0.15, -0.1) is 0 Å². The highest BCUT2D eigenvalue weighted by Gasteiger charge is 2.03. The summed E-state index contributed by atoms with van der Waals surface area (Å²) in [6.45, 7) is 0. The van der Waals surface area contributed by atoms with Crippen molar-refractivity contribution in [3.8, 4) is 0 Å². The number of hydrogen-bond donors (Lipinski definition) is 0. The molecule has 1 rings (SSSR count). The van der Waals surface area contributed by atoms with Crippen molar-refractivity contribution < 1.29 is 9.21 Å². The van der Waals surface area contributed by atoms with Gasteiger partial charge in [-0.3, -0.25) is 4.79 Å². The summed E-state index contributed by atoms with van der Waals surface area (Å²) in [5.41, 5.74) is -0.130. The molecule has 0 amide bonds. The zero-order valence-electron chi connectivity index (χ0n) is 5.54. The summed E-state index contributed by atoms with van der Waals surface area (Å²) < 4.78 is 4.44. The van der Waals surface area contributed by atoms with Gasteiger partial charge in [0.05, 0.1) is 11.6 Å². The third kappa shape index (κ3) is 2.01. The summed E-state index contributed by atoms with van der Waals surface area (Å²) in [5, 5.41) is 0.219. The Morgan fingerprint density at radius 3 is 2.91 bits per heavy atom. The lowest BCUT2D eigenvalue weighted by Crippen LogP contribution is -2.05. The summed E-state index contributed by atoms with van der Waals surface area (Å²) in [6, 6.07) is 2.63. The number of halogens is 1. The molecule has 0 aromatic carbocycles. The molecule has 0 radical (unpaired) electrons. The molecule has 0 saturated carbocycles. The van der Waals surface area contributed by atoms with Crippen LogP contribution in [0, 0.1) is 0 Å². The van der Waals surface area contributed by atoms with Gasteiger partial charge in [0.25, 0.3) is 0 Å². The fourth-order valence-electron chi connectivity index (χ4n) is 0.634. The normalized spacial score (nSPS) is 9.55. The fourth-order valence-corrected chi connectivity index (χ4v) is 0.958. The van der Waals surface area contributed by atoms with Crippen LogP contribution in [0.2, 0.25) is 0 Å². The number of Topliss-reactive ketones (excluding diaryl/α,β-unsaturated/α-hetero) is 1. The van der Waals surface area contributed by atoms with Crippen LogP contribution in [0.3, 0.4) is 0 Å². The first-order valence-corrected chi connectivity index (χ1v) is 4.04. The first-order chi connectivity index (χ1) is 5.24. The average molecular weight is 217 g/mol. The lowest BCUT2D eigenvalue weighted by molar-refractivity contribution is 0.102. The lowest BCUT2D eigenvalue weighted by atomic mass is 10.2. The van der Waals surface area contributed by atoms with E-state index >= 15 is 0 Å². The second-order valence-electron chi connectivity index (χ2n) is 1.90. The first kappa shape index (κ1) is 8.20. The van der Waals surface area contributed by atoms with Gasteiger partial charge in [-0.05, 0) is 6.07 Å². The van der Waals surface area contributed by atoms with Crippen LogP contribution < -0.4 is 5.63 Å². The van der Waals surface area contributed by atoms with Crippen molar-refractivity contribution in [2.45, 2.75) is 0 Å². The second kappa shape index (κ2) is 3.48. The molecule has 3 nitrogen and oxygen atoms in total. The van der Waals surface area contributed by atoms with Crippen molar-refractivity contribution in [3.63, 3.8) is 0 Å². The van der Waals surface area contributed by atoms with E-state index in [1.54, 1.807) is 0 Å². The maximum absolute atomic E-state index is 10.9. The van der Waals surface area contributed by atoms with Crippen molar-refractivity contribution in [1.82, 2.24) is 0 Å². The second-order valence-corrected chi connectivity index (χ2v) is 2.46. The van der Waals surface area contributed by atoms with Gasteiger partial charge in [0.1, 0.15) is 0 Å². The zero-order valence-corrected chi connectivity index (χ0v) is 7.13. The van der Waals surface area contributed by atoms with Gasteiger partial charge in [-0.25, -0.2) is 4.79 Å². The number of carbonyl (C=O) groups excluding carboxylic acids is 1. The summed E-state index contributed by atoms with van der Waals surface area (Å²) in [7, 11) is 0. The Hall–Kier alpha value is -0.900. The van der Waals surface area contributed by atoms with Crippen LogP contribution >= 0.6 is 15.9 Å². The minimum atomic E-state index is -0.503. The molecule has 0 aliphatic carbocycles. The van der Waals surface area contributed by atoms with Crippen LogP contribution in [0.25, 0.3) is 0 Å². The van der Waals surface area contributed by atoms with Crippen molar-refractivity contribution in [2.24, 2.45) is 0 Å². The van der Waals surface area contributed by atoms with Gasteiger partial charge in [-0.1, -0.05) is 15.9 Å². The maximum atomic E-state index is 10.9. The Morgan fingerprint density at radius 1 is 1.64 bits per heavy atom. The van der Waals surface area contributed by atoms with E-state index in [0.29, 0.717) is 5.56 Å². The van der Waals surface area contributed by atoms with E-state index in [4.69, 9.17) is 0 Å². The largest absolute Gasteiger partial charge is 0.431 e. The zero-order chi connectivity index (χ0) is 8.27. The molecule has 0 atom stereocenters. The molecule has 58 valence electrons. The van der Waals surface area contributed by atoms with Crippen LogP contribution in [0.1, 0.15) is 10.4 Å². The monoisotopic (exact) mass is 216 g/mol. The predicted octanol–water partition coefficient (Wildman–Crippen LogP) is 1.22. The van der Waals surface area contributed by atoms with Crippen LogP contribution in [0.5, 0.6) is 0 Å². The highest BCUT2D eigenvalue weighted by Crippen LogP contribution is 1.98. The van der Waals surface area contributed by atoms with Crippen molar-refractivity contribution in [2.75, 3.05) is 5.33 Å². The third-order valence-corrected chi connectivity index (χ3v) is 1.66. The van der Waals surface area contributed by atoms with Crippen molar-refractivity contribution in [1.29, 1.82) is 0 Å². The quantitative estimate of drug-likeness (QED) is 0.552. The molecule has 0 aliphatic rings. The van der Waals surface area contributed by atoms with Crippen molar-refractivity contribution >= 4 is 21.7 Å². The molecule has 1 aromatic rings. The molecule has 0 fully saturated rings. The van der Waals surface area contributed by atoms with Gasteiger partial charge in [0.15, 0.2) is 5.78 Å². The van der Waals surface area contributed by atoms with Crippen molar-refractivity contribution in [3.05, 3.63) is 34.4 Å². The van der Waals surface area contributed by atoms with E-state index < -0.39 is 5.63 Å². The van der Waals surface area contributed by atoms with E-state index in [1.807, 2.05) is 0 Å². The molecule has 0 saturated heterocycles. The van der Waals surface area contributed by atoms with Crippen LogP contribution in [0.15, 0.2) is 27.6 Å². The predicted molar refractivity (Wildman–Crippen MR) is 43.1 cm³/mol. The number of ketones is 1. The molecule has 4 heteroatoms. The number of rotatable bonds is 2. The van der Waals surface area contributed by atoms with E-state index in [-0.39, 0.29) is 11.1 Å². The SMILES string of the molecule is O=C(CBr)c1ccoc(=O)c1. The molecule has 1 aromatic heterocycles. The third-order valence-electron chi connectivity index (χ3n) is 1.15. The van der Waals surface area contributed by atoms with E-state index in [0.717, 1.165) is 0 Å². The summed E-state index contributed by atoms with van der Waals surface area (Å²) in [4.78, 5) is 21.5. The lowest BCUT2D eigenvalue weighted by Gasteiger charge is -1.91. The fraction of sp³-hybridized carbons (Fsp3) is 0.143. The summed E-state index contributed by atoms with van der Waals surface area (Å²) >= 11 is 2.99. The number of alkyl halides is 1. The Bertz CT molecular complexity index is 315. The number of carbonyl (C=O) groups is 1.